The van der Waals surface area contributed by atoms with Crippen LogP contribution in [0.2, 0.25) is 0 Å². The number of aryl methyl sites for hydroxylation is 2. The molecule has 0 unspecified atom stereocenters. The van der Waals surface area contributed by atoms with Crippen molar-refractivity contribution in [3.63, 3.8) is 0 Å². The highest BCUT2D eigenvalue weighted by molar-refractivity contribution is 9.10. The van der Waals surface area contributed by atoms with Crippen LogP contribution in [0, 0.1) is 13.8 Å². The van der Waals surface area contributed by atoms with E-state index < -0.39 is 11.7 Å². The van der Waals surface area contributed by atoms with Gasteiger partial charge in [0.15, 0.2) is 0 Å². The summed E-state index contributed by atoms with van der Waals surface area (Å²) in [5.74, 6) is 0. The van der Waals surface area contributed by atoms with Crippen molar-refractivity contribution in [2.75, 3.05) is 0 Å². The van der Waals surface area contributed by atoms with Crippen molar-refractivity contribution in [2.45, 2.75) is 20.0 Å². The van der Waals surface area contributed by atoms with Crippen molar-refractivity contribution in [3.8, 4) is 5.69 Å². The van der Waals surface area contributed by atoms with Gasteiger partial charge in [-0.2, -0.15) is 13.2 Å². The van der Waals surface area contributed by atoms with Gasteiger partial charge in [-0.25, -0.2) is 0 Å². The van der Waals surface area contributed by atoms with Crippen LogP contribution in [-0.2, 0) is 6.18 Å². The number of halogens is 4. The lowest BCUT2D eigenvalue weighted by Gasteiger charge is -2.16. The zero-order chi connectivity index (χ0) is 13.5. The van der Waals surface area contributed by atoms with E-state index in [0.29, 0.717) is 5.69 Å². The molecule has 0 spiro atoms. The molecule has 2 aromatic rings. The van der Waals surface area contributed by atoms with Gasteiger partial charge in [0.25, 0.3) is 0 Å². The van der Waals surface area contributed by atoms with Crippen LogP contribution in [0.4, 0.5) is 13.2 Å². The quantitative estimate of drug-likeness (QED) is 0.706. The summed E-state index contributed by atoms with van der Waals surface area (Å²) in [7, 11) is 0. The third kappa shape index (κ3) is 2.19. The second-order valence-corrected chi connectivity index (χ2v) is 4.88. The highest BCUT2D eigenvalue weighted by atomic mass is 79.9. The smallest absolute Gasteiger partial charge is 0.317 e. The van der Waals surface area contributed by atoms with Crippen molar-refractivity contribution >= 4 is 15.9 Å². The highest BCUT2D eigenvalue weighted by Crippen LogP contribution is 2.38. The Kier molecular flexibility index (Phi) is 3.27. The first kappa shape index (κ1) is 13.2. The molecule has 5 heteroatoms. The molecule has 0 aliphatic carbocycles. The molecule has 0 N–H and O–H groups in total. The summed E-state index contributed by atoms with van der Waals surface area (Å²) >= 11 is 3.07. The third-order valence-corrected chi connectivity index (χ3v) is 3.63. The summed E-state index contributed by atoms with van der Waals surface area (Å²) in [4.78, 5) is 0. The monoisotopic (exact) mass is 317 g/mol. The summed E-state index contributed by atoms with van der Waals surface area (Å²) in [6, 6.07) is 7.91. The Hall–Kier alpha value is -1.23. The topological polar surface area (TPSA) is 4.93 Å². The lowest BCUT2D eigenvalue weighted by atomic mass is 10.2. The van der Waals surface area contributed by atoms with Crippen LogP contribution in [-0.4, -0.2) is 4.57 Å². The van der Waals surface area contributed by atoms with E-state index in [-0.39, 0.29) is 4.47 Å². The fourth-order valence-electron chi connectivity index (χ4n) is 1.96. The molecular weight excluding hydrogens is 307 g/mol. The second kappa shape index (κ2) is 4.46. The summed E-state index contributed by atoms with van der Waals surface area (Å²) in [5.41, 5.74) is 1.64. The van der Waals surface area contributed by atoms with Crippen LogP contribution in [0.5, 0.6) is 0 Å². The minimum absolute atomic E-state index is 0.0694. The molecule has 1 aromatic heterocycles. The summed E-state index contributed by atoms with van der Waals surface area (Å²) in [6.45, 7) is 3.72. The Labute approximate surface area is 111 Å². The number of aromatic nitrogens is 1. The number of hydrogen-bond donors (Lipinski definition) is 0. The summed E-state index contributed by atoms with van der Waals surface area (Å²) in [5, 5.41) is 0. The van der Waals surface area contributed by atoms with Gasteiger partial charge in [0.1, 0.15) is 0 Å². The van der Waals surface area contributed by atoms with Gasteiger partial charge in [-0.15, -0.1) is 0 Å². The van der Waals surface area contributed by atoms with Gasteiger partial charge in [0.2, 0.25) is 0 Å². The van der Waals surface area contributed by atoms with Crippen LogP contribution in [0.25, 0.3) is 5.69 Å². The average molecular weight is 318 g/mol. The van der Waals surface area contributed by atoms with Crippen LogP contribution in [0.3, 0.4) is 0 Å². The predicted octanol–water partition coefficient (Wildman–Crippen LogP) is 4.88. The van der Waals surface area contributed by atoms with Gasteiger partial charge in [0, 0.05) is 11.4 Å². The van der Waals surface area contributed by atoms with Crippen LogP contribution < -0.4 is 0 Å². The van der Waals surface area contributed by atoms with Crippen molar-refractivity contribution in [1.82, 2.24) is 4.57 Å². The summed E-state index contributed by atoms with van der Waals surface area (Å²) in [6.07, 6.45) is -4.36. The predicted molar refractivity (Wildman–Crippen MR) is 67.9 cm³/mol. The molecule has 0 fully saturated rings. The number of rotatable bonds is 1. The van der Waals surface area contributed by atoms with E-state index in [0.717, 1.165) is 17.5 Å². The van der Waals surface area contributed by atoms with Crippen molar-refractivity contribution < 1.29 is 13.2 Å². The third-order valence-electron chi connectivity index (χ3n) is 2.80. The van der Waals surface area contributed by atoms with E-state index >= 15 is 0 Å². The molecule has 18 heavy (non-hydrogen) atoms. The minimum atomic E-state index is -4.36. The van der Waals surface area contributed by atoms with E-state index in [9.17, 15) is 13.2 Å². The molecular formula is C13H11BrF3N. The molecule has 0 aliphatic rings. The van der Waals surface area contributed by atoms with E-state index in [1.165, 1.54) is 6.07 Å². The maximum absolute atomic E-state index is 12.8. The van der Waals surface area contributed by atoms with Crippen LogP contribution in [0.15, 0.2) is 34.8 Å². The largest absolute Gasteiger partial charge is 0.417 e. The molecule has 2 rings (SSSR count). The number of hydrogen-bond acceptors (Lipinski definition) is 0. The SMILES string of the molecule is Cc1ccc(C)n1-c1cccc(C(F)(F)F)c1Br. The molecule has 0 bridgehead atoms. The molecule has 0 saturated carbocycles. The fourth-order valence-corrected chi connectivity index (χ4v) is 2.63. The molecule has 0 amide bonds. The Balaban J connectivity index is 2.68. The normalized spacial score (nSPS) is 11.9. The van der Waals surface area contributed by atoms with E-state index in [1.807, 2.05) is 26.0 Å². The lowest BCUT2D eigenvalue weighted by molar-refractivity contribution is -0.138. The maximum atomic E-state index is 12.8. The number of benzene rings is 1. The Morgan fingerprint density at radius 1 is 1.00 bits per heavy atom. The first-order valence-corrected chi connectivity index (χ1v) is 6.12. The van der Waals surface area contributed by atoms with Crippen molar-refractivity contribution in [1.29, 1.82) is 0 Å². The first-order chi connectivity index (χ1) is 8.32. The first-order valence-electron chi connectivity index (χ1n) is 5.33. The number of alkyl halides is 3. The zero-order valence-corrected chi connectivity index (χ0v) is 11.4. The van der Waals surface area contributed by atoms with Gasteiger partial charge < -0.3 is 4.57 Å². The highest BCUT2D eigenvalue weighted by Gasteiger charge is 2.33. The van der Waals surface area contributed by atoms with Gasteiger partial charge >= 0.3 is 6.18 Å². The van der Waals surface area contributed by atoms with E-state index in [2.05, 4.69) is 15.9 Å². The molecule has 1 heterocycles. The fraction of sp³-hybridized carbons (Fsp3) is 0.231. The molecule has 1 nitrogen and oxygen atoms in total. The molecule has 96 valence electrons. The van der Waals surface area contributed by atoms with Gasteiger partial charge in [-0.1, -0.05) is 6.07 Å². The van der Waals surface area contributed by atoms with Crippen LogP contribution in [0.1, 0.15) is 17.0 Å². The average Bonchev–Trinajstić information content (AvgIpc) is 2.58. The van der Waals surface area contributed by atoms with Crippen molar-refractivity contribution in [2.24, 2.45) is 0 Å². The van der Waals surface area contributed by atoms with E-state index in [4.69, 9.17) is 0 Å². The molecule has 1 aromatic carbocycles. The molecule has 0 atom stereocenters. The number of nitrogens with zero attached hydrogens (tertiary/aromatic N) is 1. The second-order valence-electron chi connectivity index (χ2n) is 4.09. The Morgan fingerprint density at radius 2 is 1.56 bits per heavy atom. The maximum Gasteiger partial charge on any atom is 0.417 e. The molecule has 0 radical (unpaired) electrons. The zero-order valence-electron chi connectivity index (χ0n) is 9.85. The van der Waals surface area contributed by atoms with Gasteiger partial charge in [0.05, 0.1) is 15.7 Å². The van der Waals surface area contributed by atoms with Gasteiger partial charge in [-0.3, -0.25) is 0 Å². The van der Waals surface area contributed by atoms with Crippen LogP contribution >= 0.6 is 15.9 Å². The van der Waals surface area contributed by atoms with Crippen molar-refractivity contribution in [3.05, 3.63) is 51.8 Å². The summed E-state index contributed by atoms with van der Waals surface area (Å²) < 4.78 is 40.4. The standard InChI is InChI=1S/C13H11BrF3N/c1-8-6-7-9(2)18(8)11-5-3-4-10(12(11)14)13(15,16)17/h3-7H,1-2H3. The lowest BCUT2D eigenvalue weighted by Crippen LogP contribution is -2.09. The Morgan fingerprint density at radius 3 is 2.06 bits per heavy atom. The Bertz CT molecular complexity index is 565. The molecule has 0 saturated heterocycles. The van der Waals surface area contributed by atoms with E-state index in [1.54, 1.807) is 10.6 Å². The van der Waals surface area contributed by atoms with Gasteiger partial charge in [-0.05, 0) is 54.0 Å². The molecule has 0 aliphatic heterocycles. The minimum Gasteiger partial charge on any atom is -0.317 e.